The van der Waals surface area contributed by atoms with E-state index >= 15 is 0 Å². The summed E-state index contributed by atoms with van der Waals surface area (Å²) in [6.45, 7) is 1.85. The summed E-state index contributed by atoms with van der Waals surface area (Å²) in [4.78, 5) is 0. The monoisotopic (exact) mass is 269 g/mol. The third kappa shape index (κ3) is 2.14. The quantitative estimate of drug-likeness (QED) is 0.900. The molecule has 2 aromatic carbocycles. The van der Waals surface area contributed by atoms with Gasteiger partial charge in [-0.1, -0.05) is 30.3 Å². The molecule has 2 N–H and O–H groups in total. The van der Waals surface area contributed by atoms with Crippen molar-refractivity contribution in [2.75, 3.05) is 12.4 Å². The summed E-state index contributed by atoms with van der Waals surface area (Å²) in [5.41, 5.74) is 2.27. The minimum absolute atomic E-state index is 0.0352. The average molecular weight is 269 g/mol. The molecular formula is C17H19NO2. The maximum Gasteiger partial charge on any atom is 0.119 e. The van der Waals surface area contributed by atoms with Crippen LogP contribution in [0, 0.1) is 0 Å². The molecule has 0 bridgehead atoms. The Morgan fingerprint density at radius 3 is 2.75 bits per heavy atom. The van der Waals surface area contributed by atoms with Crippen LogP contribution in [0.15, 0.2) is 48.5 Å². The van der Waals surface area contributed by atoms with E-state index in [1.54, 1.807) is 7.11 Å². The molecule has 1 aliphatic rings. The molecule has 2 unspecified atom stereocenters. The molecule has 0 fully saturated rings. The van der Waals surface area contributed by atoms with Crippen LogP contribution >= 0.6 is 0 Å². The van der Waals surface area contributed by atoms with E-state index in [4.69, 9.17) is 4.74 Å². The number of anilines is 1. The van der Waals surface area contributed by atoms with E-state index in [1.165, 1.54) is 5.56 Å². The SMILES string of the molecule is COc1cccc(C(C)(O)C2Cc3ccccc3N2)c1. The molecule has 3 rings (SSSR count). The van der Waals surface area contributed by atoms with Gasteiger partial charge in [0.15, 0.2) is 0 Å². The lowest BCUT2D eigenvalue weighted by molar-refractivity contribution is 0.0379. The third-order valence-electron chi connectivity index (χ3n) is 4.10. The van der Waals surface area contributed by atoms with Gasteiger partial charge in [0, 0.05) is 5.69 Å². The van der Waals surface area contributed by atoms with Crippen molar-refractivity contribution in [1.82, 2.24) is 0 Å². The average Bonchev–Trinajstić information content (AvgIpc) is 2.92. The van der Waals surface area contributed by atoms with Gasteiger partial charge in [-0.15, -0.1) is 0 Å². The number of aliphatic hydroxyl groups is 1. The molecule has 2 aromatic rings. The van der Waals surface area contributed by atoms with Gasteiger partial charge in [-0.2, -0.15) is 0 Å². The zero-order chi connectivity index (χ0) is 14.2. The van der Waals surface area contributed by atoms with E-state index in [2.05, 4.69) is 17.4 Å². The standard InChI is InChI=1S/C17H19NO2/c1-17(19,13-7-5-8-14(11-13)20-2)16-10-12-6-3-4-9-15(12)18-16/h3-9,11,16,18-19H,10H2,1-2H3. The third-order valence-corrected chi connectivity index (χ3v) is 4.10. The van der Waals surface area contributed by atoms with Crippen molar-refractivity contribution < 1.29 is 9.84 Å². The molecule has 0 saturated carbocycles. The zero-order valence-electron chi connectivity index (χ0n) is 11.8. The van der Waals surface area contributed by atoms with Gasteiger partial charge >= 0.3 is 0 Å². The second-order valence-electron chi connectivity index (χ2n) is 5.44. The van der Waals surface area contributed by atoms with Crippen LogP contribution < -0.4 is 10.1 Å². The van der Waals surface area contributed by atoms with Crippen LogP contribution in [-0.4, -0.2) is 18.3 Å². The summed E-state index contributed by atoms with van der Waals surface area (Å²) in [7, 11) is 1.64. The van der Waals surface area contributed by atoms with Crippen LogP contribution in [0.2, 0.25) is 0 Å². The van der Waals surface area contributed by atoms with Crippen molar-refractivity contribution in [3.05, 3.63) is 59.7 Å². The van der Waals surface area contributed by atoms with E-state index in [1.807, 2.05) is 43.3 Å². The van der Waals surface area contributed by atoms with Gasteiger partial charge in [-0.05, 0) is 42.7 Å². The van der Waals surface area contributed by atoms with Crippen LogP contribution in [0.25, 0.3) is 0 Å². The van der Waals surface area contributed by atoms with Crippen molar-refractivity contribution >= 4 is 5.69 Å². The number of ether oxygens (including phenoxy) is 1. The second-order valence-corrected chi connectivity index (χ2v) is 5.44. The normalized spacial score (nSPS) is 19.9. The first kappa shape index (κ1) is 13.0. The Kier molecular flexibility index (Phi) is 3.14. The van der Waals surface area contributed by atoms with E-state index in [0.717, 1.165) is 23.4 Å². The predicted octanol–water partition coefficient (Wildman–Crippen LogP) is 2.94. The number of hydrogen-bond acceptors (Lipinski definition) is 3. The van der Waals surface area contributed by atoms with Crippen molar-refractivity contribution in [1.29, 1.82) is 0 Å². The topological polar surface area (TPSA) is 41.5 Å². The number of nitrogens with one attached hydrogen (secondary N) is 1. The second kappa shape index (κ2) is 4.84. The van der Waals surface area contributed by atoms with Crippen molar-refractivity contribution in [3.8, 4) is 5.75 Å². The summed E-state index contributed by atoms with van der Waals surface area (Å²) < 4.78 is 5.24. The van der Waals surface area contributed by atoms with E-state index < -0.39 is 5.60 Å². The van der Waals surface area contributed by atoms with Gasteiger partial charge in [0.2, 0.25) is 0 Å². The Balaban J connectivity index is 1.89. The molecule has 0 spiro atoms. The van der Waals surface area contributed by atoms with Crippen molar-refractivity contribution in [2.45, 2.75) is 25.0 Å². The first-order chi connectivity index (χ1) is 9.61. The molecule has 1 aliphatic heterocycles. The fourth-order valence-corrected chi connectivity index (χ4v) is 2.78. The van der Waals surface area contributed by atoms with Gasteiger partial charge in [0.25, 0.3) is 0 Å². The number of benzene rings is 2. The Hall–Kier alpha value is -2.00. The summed E-state index contributed by atoms with van der Waals surface area (Å²) >= 11 is 0. The number of methoxy groups -OCH3 is 1. The highest BCUT2D eigenvalue weighted by Gasteiger charge is 2.37. The van der Waals surface area contributed by atoms with Crippen LogP contribution in [0.5, 0.6) is 5.75 Å². The van der Waals surface area contributed by atoms with Gasteiger partial charge in [0.1, 0.15) is 11.4 Å². The molecule has 0 aromatic heterocycles. The minimum atomic E-state index is -0.951. The highest BCUT2D eigenvalue weighted by atomic mass is 16.5. The molecule has 104 valence electrons. The smallest absolute Gasteiger partial charge is 0.119 e. The minimum Gasteiger partial charge on any atom is -0.497 e. The molecule has 0 saturated heterocycles. The zero-order valence-corrected chi connectivity index (χ0v) is 11.8. The fourth-order valence-electron chi connectivity index (χ4n) is 2.78. The Bertz CT molecular complexity index is 597. The number of fused-ring (bicyclic) bond motifs is 1. The van der Waals surface area contributed by atoms with Crippen molar-refractivity contribution in [3.63, 3.8) is 0 Å². The van der Waals surface area contributed by atoms with Gasteiger partial charge in [0.05, 0.1) is 13.2 Å². The van der Waals surface area contributed by atoms with Gasteiger partial charge < -0.3 is 15.2 Å². The molecule has 20 heavy (non-hydrogen) atoms. The Labute approximate surface area is 119 Å². The lowest BCUT2D eigenvalue weighted by Gasteiger charge is -2.31. The largest absolute Gasteiger partial charge is 0.497 e. The van der Waals surface area contributed by atoms with E-state index in [9.17, 15) is 5.11 Å². The predicted molar refractivity (Wildman–Crippen MR) is 80.1 cm³/mol. The molecule has 0 aliphatic carbocycles. The molecule has 3 nitrogen and oxygen atoms in total. The van der Waals surface area contributed by atoms with E-state index in [0.29, 0.717) is 0 Å². The molecular weight excluding hydrogens is 250 g/mol. The Morgan fingerprint density at radius 1 is 1.20 bits per heavy atom. The molecule has 0 radical (unpaired) electrons. The maximum atomic E-state index is 11.0. The number of hydrogen-bond donors (Lipinski definition) is 2. The summed E-state index contributed by atoms with van der Waals surface area (Å²) in [5.74, 6) is 0.762. The highest BCUT2D eigenvalue weighted by molar-refractivity contribution is 5.58. The Morgan fingerprint density at radius 2 is 2.00 bits per heavy atom. The lowest BCUT2D eigenvalue weighted by Crippen LogP contribution is -2.40. The van der Waals surface area contributed by atoms with Crippen LogP contribution in [0.1, 0.15) is 18.1 Å². The maximum absolute atomic E-state index is 11.0. The summed E-state index contributed by atoms with van der Waals surface area (Å²) in [6, 6.07) is 15.8. The summed E-state index contributed by atoms with van der Waals surface area (Å²) in [5, 5.41) is 14.4. The van der Waals surface area contributed by atoms with Crippen molar-refractivity contribution in [2.24, 2.45) is 0 Å². The number of rotatable bonds is 3. The van der Waals surface area contributed by atoms with Crippen LogP contribution in [0.3, 0.4) is 0 Å². The highest BCUT2D eigenvalue weighted by Crippen LogP contribution is 2.36. The first-order valence-corrected chi connectivity index (χ1v) is 6.82. The first-order valence-electron chi connectivity index (χ1n) is 6.82. The van der Waals surface area contributed by atoms with Gasteiger partial charge in [-0.25, -0.2) is 0 Å². The summed E-state index contributed by atoms with van der Waals surface area (Å²) in [6.07, 6.45) is 0.820. The van der Waals surface area contributed by atoms with Crippen LogP contribution in [0.4, 0.5) is 5.69 Å². The van der Waals surface area contributed by atoms with E-state index in [-0.39, 0.29) is 6.04 Å². The lowest BCUT2D eigenvalue weighted by atomic mass is 9.86. The fraction of sp³-hybridized carbons (Fsp3) is 0.294. The molecule has 2 atom stereocenters. The molecule has 1 heterocycles. The molecule has 0 amide bonds. The van der Waals surface area contributed by atoms with Gasteiger partial charge in [-0.3, -0.25) is 0 Å². The molecule has 3 heteroatoms. The number of para-hydroxylation sites is 1. The van der Waals surface area contributed by atoms with Crippen LogP contribution in [-0.2, 0) is 12.0 Å².